The van der Waals surface area contributed by atoms with Gasteiger partial charge in [-0.1, -0.05) is 158 Å². The summed E-state index contributed by atoms with van der Waals surface area (Å²) in [6.45, 7) is 0. The molecule has 0 atom stereocenters. The lowest BCUT2D eigenvalue weighted by molar-refractivity contribution is 0.768. The normalized spacial score (nSPS) is 12.9. The zero-order valence-electron chi connectivity index (χ0n) is 27.9. The molecule has 0 unspecified atom stereocenters. The molecular formula is C49H33NS. The van der Waals surface area contributed by atoms with Gasteiger partial charge < -0.3 is 4.90 Å². The van der Waals surface area contributed by atoms with Crippen molar-refractivity contribution in [2.24, 2.45) is 0 Å². The van der Waals surface area contributed by atoms with Crippen molar-refractivity contribution in [3.63, 3.8) is 0 Å². The van der Waals surface area contributed by atoms with Crippen molar-refractivity contribution >= 4 is 48.6 Å². The second-order valence-corrected chi connectivity index (χ2v) is 14.3. The Bertz CT molecular complexity index is 2640. The van der Waals surface area contributed by atoms with Crippen LogP contribution in [0.2, 0.25) is 0 Å². The Morgan fingerprint density at radius 1 is 0.373 bits per heavy atom. The third-order valence-electron chi connectivity index (χ3n) is 10.6. The highest BCUT2D eigenvalue weighted by Gasteiger charge is 2.46. The second-order valence-electron chi connectivity index (χ2n) is 13.3. The molecule has 0 fully saturated rings. The fourth-order valence-corrected chi connectivity index (χ4v) is 9.60. The summed E-state index contributed by atoms with van der Waals surface area (Å²) in [6, 6.07) is 73.4. The van der Waals surface area contributed by atoms with E-state index in [0.717, 1.165) is 17.1 Å². The Hall–Kier alpha value is -6.22. The van der Waals surface area contributed by atoms with E-state index in [0.29, 0.717) is 0 Å². The number of hydrogen-bond acceptors (Lipinski definition) is 2. The molecule has 0 bridgehead atoms. The van der Waals surface area contributed by atoms with Gasteiger partial charge in [-0.3, -0.25) is 0 Å². The molecule has 51 heavy (non-hydrogen) atoms. The molecule has 1 nitrogen and oxygen atoms in total. The Kier molecular flexibility index (Phi) is 6.97. The van der Waals surface area contributed by atoms with Crippen molar-refractivity contribution in [3.05, 3.63) is 222 Å². The van der Waals surface area contributed by atoms with Crippen LogP contribution in [-0.2, 0) is 5.41 Å². The maximum Gasteiger partial charge on any atom is 0.0714 e. The molecule has 0 amide bonds. The van der Waals surface area contributed by atoms with E-state index in [4.69, 9.17) is 0 Å². The molecule has 9 aromatic rings. The van der Waals surface area contributed by atoms with Crippen molar-refractivity contribution in [2.45, 2.75) is 5.41 Å². The zero-order valence-corrected chi connectivity index (χ0v) is 28.7. The molecule has 0 saturated heterocycles. The summed E-state index contributed by atoms with van der Waals surface area (Å²) in [4.78, 5) is 2.40. The topological polar surface area (TPSA) is 3.24 Å². The monoisotopic (exact) mass is 667 g/mol. The number of thiophene rings is 1. The third kappa shape index (κ3) is 4.61. The van der Waals surface area contributed by atoms with Crippen molar-refractivity contribution in [1.29, 1.82) is 0 Å². The van der Waals surface area contributed by atoms with Gasteiger partial charge in [0.05, 0.1) is 5.41 Å². The Morgan fingerprint density at radius 3 is 1.67 bits per heavy atom. The summed E-state index contributed by atoms with van der Waals surface area (Å²) < 4.78 is 2.66. The highest BCUT2D eigenvalue weighted by atomic mass is 32.1. The number of benzene rings is 8. The van der Waals surface area contributed by atoms with Crippen LogP contribution in [-0.4, -0.2) is 0 Å². The fourth-order valence-electron chi connectivity index (χ4n) is 8.36. The quantitative estimate of drug-likeness (QED) is 0.171. The molecule has 240 valence electrons. The van der Waals surface area contributed by atoms with Crippen molar-refractivity contribution < 1.29 is 0 Å². The van der Waals surface area contributed by atoms with Crippen molar-refractivity contribution in [2.75, 3.05) is 4.90 Å². The van der Waals surface area contributed by atoms with Crippen molar-refractivity contribution in [1.82, 2.24) is 0 Å². The van der Waals surface area contributed by atoms with Gasteiger partial charge in [-0.2, -0.15) is 0 Å². The zero-order chi connectivity index (χ0) is 33.8. The Labute approximate surface area is 302 Å². The van der Waals surface area contributed by atoms with Gasteiger partial charge in [0.1, 0.15) is 0 Å². The van der Waals surface area contributed by atoms with E-state index in [9.17, 15) is 0 Å². The average Bonchev–Trinajstić information content (AvgIpc) is 3.73. The minimum Gasteiger partial charge on any atom is -0.310 e. The molecule has 1 aliphatic rings. The van der Waals surface area contributed by atoms with Crippen LogP contribution in [0.3, 0.4) is 0 Å². The van der Waals surface area contributed by atoms with Crippen LogP contribution >= 0.6 is 11.3 Å². The van der Waals surface area contributed by atoms with E-state index in [-0.39, 0.29) is 0 Å². The molecule has 0 aliphatic heterocycles. The van der Waals surface area contributed by atoms with E-state index in [1.165, 1.54) is 64.7 Å². The maximum absolute atomic E-state index is 2.44. The van der Waals surface area contributed by atoms with E-state index < -0.39 is 5.41 Å². The first kappa shape index (κ1) is 29.7. The molecule has 1 aromatic heterocycles. The number of rotatable bonds is 6. The predicted octanol–water partition coefficient (Wildman–Crippen LogP) is 13.6. The summed E-state index contributed by atoms with van der Waals surface area (Å²) in [5.41, 5.74) is 13.1. The summed E-state index contributed by atoms with van der Waals surface area (Å²) in [5.74, 6) is 0. The van der Waals surface area contributed by atoms with Gasteiger partial charge in [0, 0.05) is 37.2 Å². The summed E-state index contributed by atoms with van der Waals surface area (Å²) in [6.07, 6.45) is 0. The van der Waals surface area contributed by atoms with Gasteiger partial charge in [-0.25, -0.2) is 0 Å². The molecule has 1 aliphatic carbocycles. The number of fused-ring (bicyclic) bond motifs is 6. The lowest BCUT2D eigenvalue weighted by atomic mass is 9.67. The predicted molar refractivity (Wildman–Crippen MR) is 217 cm³/mol. The Morgan fingerprint density at radius 2 is 0.922 bits per heavy atom. The number of para-hydroxylation sites is 1. The van der Waals surface area contributed by atoms with Crippen LogP contribution in [0, 0.1) is 0 Å². The molecule has 10 rings (SSSR count). The first-order valence-corrected chi connectivity index (χ1v) is 18.3. The molecule has 2 heteroatoms. The number of nitrogens with zero attached hydrogens (tertiary/aromatic N) is 1. The van der Waals surface area contributed by atoms with E-state index in [1.807, 2.05) is 11.3 Å². The molecule has 1 heterocycles. The molecular weight excluding hydrogens is 635 g/mol. The highest BCUT2D eigenvalue weighted by Crippen LogP contribution is 2.57. The largest absolute Gasteiger partial charge is 0.310 e. The van der Waals surface area contributed by atoms with Gasteiger partial charge in [0.25, 0.3) is 0 Å². The third-order valence-corrected chi connectivity index (χ3v) is 11.8. The van der Waals surface area contributed by atoms with Gasteiger partial charge in [0.2, 0.25) is 0 Å². The van der Waals surface area contributed by atoms with Crippen LogP contribution in [0.1, 0.15) is 22.3 Å². The van der Waals surface area contributed by atoms with Gasteiger partial charge in [-0.05, 0) is 87.0 Å². The molecule has 0 N–H and O–H groups in total. The second kappa shape index (κ2) is 12.0. The van der Waals surface area contributed by atoms with E-state index in [1.54, 1.807) is 0 Å². The SMILES string of the molecule is c1ccc(N(c2ccc(-c3cccc4c3sc3ccccc34)cc2)c2ccc3c(c2)C(c2ccccc2)(c2ccccc2)c2ccccc2-3)cc1. The molecule has 8 aromatic carbocycles. The van der Waals surface area contributed by atoms with E-state index >= 15 is 0 Å². The molecule has 0 spiro atoms. The van der Waals surface area contributed by atoms with Crippen LogP contribution in [0.4, 0.5) is 17.1 Å². The van der Waals surface area contributed by atoms with Crippen LogP contribution in [0.15, 0.2) is 200 Å². The fraction of sp³-hybridized carbons (Fsp3) is 0.0204. The van der Waals surface area contributed by atoms with Gasteiger partial charge in [-0.15, -0.1) is 11.3 Å². The lowest BCUT2D eigenvalue weighted by Gasteiger charge is -2.35. The van der Waals surface area contributed by atoms with Crippen LogP contribution in [0.5, 0.6) is 0 Å². The average molecular weight is 668 g/mol. The summed E-state index contributed by atoms with van der Waals surface area (Å²) in [5, 5.41) is 2.65. The maximum atomic E-state index is 2.44. The van der Waals surface area contributed by atoms with Crippen LogP contribution in [0.25, 0.3) is 42.4 Å². The summed E-state index contributed by atoms with van der Waals surface area (Å²) in [7, 11) is 0. The minimum absolute atomic E-state index is 0.459. The Balaban J connectivity index is 1.16. The molecule has 0 radical (unpaired) electrons. The van der Waals surface area contributed by atoms with Crippen LogP contribution < -0.4 is 4.90 Å². The van der Waals surface area contributed by atoms with Gasteiger partial charge >= 0.3 is 0 Å². The molecule has 0 saturated carbocycles. The van der Waals surface area contributed by atoms with Gasteiger partial charge in [0.15, 0.2) is 0 Å². The number of anilines is 3. The smallest absolute Gasteiger partial charge is 0.0714 e. The lowest BCUT2D eigenvalue weighted by Crippen LogP contribution is -2.28. The first-order chi connectivity index (χ1) is 25.3. The standard InChI is InChI=1S/C49H33NS/c1-4-15-35(16-5-1)49(36-17-6-2-7-18-36)45-25-12-10-21-41(45)42-32-31-39(33-46(42)49)50(37-19-8-3-9-20-37)38-29-27-34(28-30-38)40-23-14-24-44-43-22-11-13-26-47(43)51-48(40)44/h1-33H. The summed E-state index contributed by atoms with van der Waals surface area (Å²) >= 11 is 1.88. The number of hydrogen-bond donors (Lipinski definition) is 0. The van der Waals surface area contributed by atoms with Crippen molar-refractivity contribution in [3.8, 4) is 22.3 Å². The first-order valence-electron chi connectivity index (χ1n) is 17.5. The van der Waals surface area contributed by atoms with E-state index in [2.05, 4.69) is 205 Å². The highest BCUT2D eigenvalue weighted by molar-refractivity contribution is 7.26. The minimum atomic E-state index is -0.459.